The summed E-state index contributed by atoms with van der Waals surface area (Å²) in [5.41, 5.74) is 8.43. The van der Waals surface area contributed by atoms with Crippen LogP contribution in [-0.2, 0) is 0 Å². The molecule has 3 aromatic carbocycles. The van der Waals surface area contributed by atoms with E-state index < -0.39 is 0 Å². The molecule has 0 aliphatic rings. The van der Waals surface area contributed by atoms with Crippen molar-refractivity contribution in [1.29, 1.82) is 0 Å². The Bertz CT molecular complexity index is 692. The average Bonchev–Trinajstić information content (AvgIpc) is 2.47. The van der Waals surface area contributed by atoms with Gasteiger partial charge in [0, 0.05) is 0 Å². The van der Waals surface area contributed by atoms with Crippen LogP contribution in [0.1, 0.15) is 17.2 Å². The van der Waals surface area contributed by atoms with Crippen LogP contribution in [0.15, 0.2) is 48.5 Å². The van der Waals surface area contributed by atoms with E-state index in [4.69, 9.17) is 5.73 Å². The lowest BCUT2D eigenvalue weighted by Crippen LogP contribution is -2.15. The minimum atomic E-state index is -0.351. The third kappa shape index (κ3) is 1.81. The minimum Gasteiger partial charge on any atom is -0.394 e. The zero-order valence-electron chi connectivity index (χ0n) is 10.9. The summed E-state index contributed by atoms with van der Waals surface area (Å²) in [5.74, 6) is 0. The largest absolute Gasteiger partial charge is 0.394 e. The normalized spacial score (nSPS) is 13.0. The zero-order chi connectivity index (χ0) is 13.4. The van der Waals surface area contributed by atoms with Crippen molar-refractivity contribution in [3.8, 4) is 0 Å². The maximum absolute atomic E-state index is 9.45. The van der Waals surface area contributed by atoms with Crippen LogP contribution in [-0.4, -0.2) is 11.7 Å². The Kier molecular flexibility index (Phi) is 2.97. The SMILES string of the molecule is Cc1c2ccccc2c([C@H](N)CO)c2ccccc12. The van der Waals surface area contributed by atoms with Crippen molar-refractivity contribution in [2.45, 2.75) is 13.0 Å². The molecule has 19 heavy (non-hydrogen) atoms. The van der Waals surface area contributed by atoms with E-state index in [1.54, 1.807) is 0 Å². The number of hydrogen-bond donors (Lipinski definition) is 2. The van der Waals surface area contributed by atoms with Crippen LogP contribution in [0, 0.1) is 6.92 Å². The lowest BCUT2D eigenvalue weighted by atomic mass is 9.89. The quantitative estimate of drug-likeness (QED) is 0.686. The zero-order valence-corrected chi connectivity index (χ0v) is 10.9. The molecule has 96 valence electrons. The van der Waals surface area contributed by atoms with Gasteiger partial charge < -0.3 is 10.8 Å². The molecule has 0 aromatic heterocycles. The summed E-state index contributed by atoms with van der Waals surface area (Å²) in [6.45, 7) is 2.09. The van der Waals surface area contributed by atoms with Gasteiger partial charge in [-0.15, -0.1) is 0 Å². The van der Waals surface area contributed by atoms with E-state index in [2.05, 4.69) is 31.2 Å². The van der Waals surface area contributed by atoms with Gasteiger partial charge in [0.1, 0.15) is 0 Å². The summed E-state index contributed by atoms with van der Waals surface area (Å²) in [6.07, 6.45) is 0. The number of nitrogens with two attached hydrogens (primary N) is 1. The second-order valence-electron chi connectivity index (χ2n) is 4.92. The van der Waals surface area contributed by atoms with E-state index in [1.165, 1.54) is 16.3 Å². The molecular weight excluding hydrogens is 234 g/mol. The van der Waals surface area contributed by atoms with Crippen LogP contribution in [0.3, 0.4) is 0 Å². The van der Waals surface area contributed by atoms with Gasteiger partial charge in [-0.25, -0.2) is 0 Å². The molecular formula is C17H17NO. The van der Waals surface area contributed by atoms with Crippen LogP contribution in [0.5, 0.6) is 0 Å². The van der Waals surface area contributed by atoms with Crippen LogP contribution < -0.4 is 5.73 Å². The fraction of sp³-hybridized carbons (Fsp3) is 0.176. The Morgan fingerprint density at radius 2 is 1.32 bits per heavy atom. The lowest BCUT2D eigenvalue weighted by molar-refractivity contribution is 0.269. The molecule has 0 aliphatic carbocycles. The molecule has 0 saturated heterocycles. The summed E-state index contributed by atoms with van der Waals surface area (Å²) in [4.78, 5) is 0. The predicted octanol–water partition coefficient (Wildman–Crippen LogP) is 3.29. The van der Waals surface area contributed by atoms with Gasteiger partial charge in [0.25, 0.3) is 0 Å². The monoisotopic (exact) mass is 251 g/mol. The molecule has 0 radical (unpaired) electrons. The minimum absolute atomic E-state index is 0.0446. The van der Waals surface area contributed by atoms with Crippen LogP contribution >= 0.6 is 0 Å². The van der Waals surface area contributed by atoms with Gasteiger partial charge in [-0.1, -0.05) is 48.5 Å². The molecule has 0 fully saturated rings. The van der Waals surface area contributed by atoms with Crippen LogP contribution in [0.4, 0.5) is 0 Å². The Labute approximate surface area is 112 Å². The van der Waals surface area contributed by atoms with Gasteiger partial charge in [-0.3, -0.25) is 0 Å². The molecule has 0 unspecified atom stereocenters. The van der Waals surface area contributed by atoms with E-state index in [0.717, 1.165) is 16.3 Å². The van der Waals surface area contributed by atoms with E-state index in [9.17, 15) is 5.11 Å². The van der Waals surface area contributed by atoms with Gasteiger partial charge in [0.05, 0.1) is 12.6 Å². The number of aryl methyl sites for hydroxylation is 1. The van der Waals surface area contributed by atoms with Gasteiger partial charge in [-0.05, 0) is 39.6 Å². The second-order valence-corrected chi connectivity index (χ2v) is 4.92. The van der Waals surface area contributed by atoms with Crippen molar-refractivity contribution in [2.24, 2.45) is 5.73 Å². The molecule has 3 N–H and O–H groups in total. The molecule has 0 aliphatic heterocycles. The highest BCUT2D eigenvalue weighted by atomic mass is 16.3. The third-order valence-corrected chi connectivity index (χ3v) is 3.81. The van der Waals surface area contributed by atoms with E-state index in [1.807, 2.05) is 24.3 Å². The fourth-order valence-electron chi connectivity index (χ4n) is 2.87. The number of aliphatic hydroxyl groups is 1. The first-order valence-corrected chi connectivity index (χ1v) is 6.50. The second kappa shape index (κ2) is 4.65. The number of benzene rings is 3. The summed E-state index contributed by atoms with van der Waals surface area (Å²) >= 11 is 0. The molecule has 2 heteroatoms. The highest BCUT2D eigenvalue weighted by molar-refractivity contribution is 6.05. The number of hydrogen-bond acceptors (Lipinski definition) is 2. The molecule has 0 bridgehead atoms. The first-order chi connectivity index (χ1) is 9.24. The van der Waals surface area contributed by atoms with E-state index in [-0.39, 0.29) is 12.6 Å². The Morgan fingerprint density at radius 3 is 1.74 bits per heavy atom. The summed E-state index contributed by atoms with van der Waals surface area (Å²) < 4.78 is 0. The summed E-state index contributed by atoms with van der Waals surface area (Å²) in [5, 5.41) is 14.1. The lowest BCUT2D eigenvalue weighted by Gasteiger charge is -2.18. The third-order valence-electron chi connectivity index (χ3n) is 3.81. The Balaban J connectivity index is 2.56. The average molecular weight is 251 g/mol. The number of aliphatic hydroxyl groups excluding tert-OH is 1. The van der Waals surface area contributed by atoms with Crippen molar-refractivity contribution in [1.82, 2.24) is 0 Å². The molecule has 2 nitrogen and oxygen atoms in total. The molecule has 0 saturated carbocycles. The molecule has 0 spiro atoms. The van der Waals surface area contributed by atoms with Crippen molar-refractivity contribution in [3.63, 3.8) is 0 Å². The van der Waals surface area contributed by atoms with Crippen LogP contribution in [0.25, 0.3) is 21.5 Å². The maximum Gasteiger partial charge on any atom is 0.0624 e. The number of fused-ring (bicyclic) bond motifs is 2. The highest BCUT2D eigenvalue weighted by Crippen LogP contribution is 2.34. The smallest absolute Gasteiger partial charge is 0.0624 e. The van der Waals surface area contributed by atoms with Crippen molar-refractivity contribution >= 4 is 21.5 Å². The molecule has 1 atom stereocenters. The van der Waals surface area contributed by atoms with Crippen molar-refractivity contribution in [2.75, 3.05) is 6.61 Å². The van der Waals surface area contributed by atoms with Gasteiger partial charge >= 0.3 is 0 Å². The first kappa shape index (κ1) is 12.2. The maximum atomic E-state index is 9.45. The Morgan fingerprint density at radius 1 is 0.895 bits per heavy atom. The summed E-state index contributed by atoms with van der Waals surface area (Å²) in [7, 11) is 0. The first-order valence-electron chi connectivity index (χ1n) is 6.50. The van der Waals surface area contributed by atoms with Crippen molar-refractivity contribution in [3.05, 3.63) is 59.7 Å². The molecule has 0 heterocycles. The number of rotatable bonds is 2. The van der Waals surface area contributed by atoms with Gasteiger partial charge in [0.2, 0.25) is 0 Å². The molecule has 3 aromatic rings. The van der Waals surface area contributed by atoms with Gasteiger partial charge in [-0.2, -0.15) is 0 Å². The molecule has 3 rings (SSSR count). The standard InChI is InChI=1S/C17H17NO/c1-11-12-6-2-4-8-14(12)17(16(18)10-19)15-9-5-3-7-13(11)15/h2-9,16,19H,10,18H2,1H3/t16-/m1/s1. The topological polar surface area (TPSA) is 46.2 Å². The molecule has 0 amide bonds. The van der Waals surface area contributed by atoms with Gasteiger partial charge in [0.15, 0.2) is 0 Å². The fourth-order valence-corrected chi connectivity index (χ4v) is 2.87. The van der Waals surface area contributed by atoms with Crippen LogP contribution in [0.2, 0.25) is 0 Å². The Hall–Kier alpha value is -1.90. The van der Waals surface area contributed by atoms with Crippen molar-refractivity contribution < 1.29 is 5.11 Å². The van der Waals surface area contributed by atoms with E-state index >= 15 is 0 Å². The van der Waals surface area contributed by atoms with E-state index in [0.29, 0.717) is 0 Å². The predicted molar refractivity (Wildman–Crippen MR) is 80.2 cm³/mol. The summed E-state index contributed by atoms with van der Waals surface area (Å²) in [6, 6.07) is 16.2. The highest BCUT2D eigenvalue weighted by Gasteiger charge is 2.15.